The van der Waals surface area contributed by atoms with Crippen LogP contribution in [0.15, 0.2) is 4.99 Å². The molecule has 0 saturated heterocycles. The van der Waals surface area contributed by atoms with E-state index in [0.29, 0.717) is 0 Å². The van der Waals surface area contributed by atoms with Gasteiger partial charge in [-0.1, -0.05) is 0 Å². The van der Waals surface area contributed by atoms with E-state index in [4.69, 9.17) is 10.2 Å². The van der Waals surface area contributed by atoms with Crippen LogP contribution in [0.4, 0.5) is 0 Å². The van der Waals surface area contributed by atoms with Crippen molar-refractivity contribution in [2.24, 2.45) is 4.99 Å². The zero-order valence-corrected chi connectivity index (χ0v) is 5.34. The minimum absolute atomic E-state index is 0.0995. The average molecular weight is 128 g/mol. The highest BCUT2D eigenvalue weighted by atomic mass is 16.1. The van der Waals surface area contributed by atoms with Gasteiger partial charge in [0.15, 0.2) is 0 Å². The van der Waals surface area contributed by atoms with Crippen molar-refractivity contribution in [1.29, 1.82) is 5.41 Å². The van der Waals surface area contributed by atoms with Crippen LogP contribution in [-0.2, 0) is 9.59 Å². The molecule has 0 bridgehead atoms. The Hall–Kier alpha value is -1.24. The Kier molecular flexibility index (Phi) is 11.8. The summed E-state index contributed by atoms with van der Waals surface area (Å²) in [4.78, 5) is 21.0. The molecule has 0 aliphatic heterocycles. The van der Waals surface area contributed by atoms with Crippen LogP contribution in [0.1, 0.15) is 13.8 Å². The number of hydrogen-bond donors (Lipinski definition) is 1. The lowest BCUT2D eigenvalue weighted by molar-refractivity contribution is 0.560. The fourth-order valence-electron chi connectivity index (χ4n) is 0.105. The second-order valence-electron chi connectivity index (χ2n) is 1.42. The van der Waals surface area contributed by atoms with E-state index in [1.807, 2.05) is 13.8 Å². The molecule has 9 heavy (non-hydrogen) atoms. The highest BCUT2D eigenvalue weighted by molar-refractivity contribution is 5.33. The summed E-state index contributed by atoms with van der Waals surface area (Å²) < 4.78 is 0. The van der Waals surface area contributed by atoms with Gasteiger partial charge in [-0.2, -0.15) is 0 Å². The number of isocyanates is 2. The molecule has 0 atom stereocenters. The number of nitrogens with zero attached hydrogens (tertiary/aromatic N) is 1. The van der Waals surface area contributed by atoms with Crippen LogP contribution in [0.3, 0.4) is 0 Å². The molecular formula is C5H8N2O2. The molecule has 1 N–H and O–H groups in total. The van der Waals surface area contributed by atoms with Gasteiger partial charge in [0.1, 0.15) is 0 Å². The van der Waals surface area contributed by atoms with Crippen LogP contribution < -0.4 is 0 Å². The normalized spacial score (nSPS) is 6.11. The quantitative estimate of drug-likeness (QED) is 0.415. The molecule has 0 saturated carbocycles. The van der Waals surface area contributed by atoms with Gasteiger partial charge in [-0.3, -0.25) is 0 Å². The van der Waals surface area contributed by atoms with Crippen LogP contribution in [0.5, 0.6) is 0 Å². The zero-order valence-electron chi connectivity index (χ0n) is 5.34. The monoisotopic (exact) mass is 128 g/mol. The summed E-state index contributed by atoms with van der Waals surface area (Å²) in [6, 6.07) is 0.0995. The number of rotatable bonds is 1. The lowest BCUT2D eigenvalue weighted by Crippen LogP contribution is -1.83. The second kappa shape index (κ2) is 9.90. The molecule has 0 fully saturated rings. The number of nitrogens with one attached hydrogen (secondary N) is 1. The molecule has 0 amide bonds. The van der Waals surface area contributed by atoms with Crippen LogP contribution >= 0.6 is 0 Å². The fraction of sp³-hybridized carbons (Fsp3) is 0.600. The van der Waals surface area contributed by atoms with Crippen LogP contribution in [0, 0.1) is 5.41 Å². The Balaban J connectivity index is 0. The summed E-state index contributed by atoms with van der Waals surface area (Å²) >= 11 is 0. The Morgan fingerprint density at radius 2 is 1.78 bits per heavy atom. The van der Waals surface area contributed by atoms with E-state index in [-0.39, 0.29) is 6.04 Å². The van der Waals surface area contributed by atoms with Crippen molar-refractivity contribution < 1.29 is 9.59 Å². The molecular weight excluding hydrogens is 120 g/mol. The van der Waals surface area contributed by atoms with E-state index >= 15 is 0 Å². The molecule has 0 spiro atoms. The van der Waals surface area contributed by atoms with Crippen molar-refractivity contribution in [3.63, 3.8) is 0 Å². The van der Waals surface area contributed by atoms with Crippen molar-refractivity contribution >= 4 is 12.2 Å². The average Bonchev–Trinajstić information content (AvgIpc) is 1.67. The molecule has 50 valence electrons. The molecule has 0 aromatic rings. The summed E-state index contributed by atoms with van der Waals surface area (Å²) in [5, 5.41) is 5.40. The van der Waals surface area contributed by atoms with Gasteiger partial charge in [0.05, 0.1) is 6.04 Å². The topological polar surface area (TPSA) is 70.3 Å². The SMILES string of the molecule is CC(C)N=C=O.N=C=O. The van der Waals surface area contributed by atoms with E-state index in [2.05, 4.69) is 4.99 Å². The third-order valence-corrected chi connectivity index (χ3v) is 0.311. The summed E-state index contributed by atoms with van der Waals surface area (Å²) in [6.45, 7) is 3.65. The van der Waals surface area contributed by atoms with Crippen molar-refractivity contribution in [2.45, 2.75) is 19.9 Å². The van der Waals surface area contributed by atoms with E-state index in [1.54, 1.807) is 0 Å². The van der Waals surface area contributed by atoms with Crippen molar-refractivity contribution in [3.8, 4) is 0 Å². The first-order chi connectivity index (χ1) is 4.18. The third kappa shape index (κ3) is 49.4. The molecule has 0 unspecified atom stereocenters. The maximum atomic E-state index is 9.32. The minimum atomic E-state index is 0.0995. The number of carbonyl (C=O) groups excluding carboxylic acids is 2. The first-order valence-corrected chi connectivity index (χ1v) is 2.29. The van der Waals surface area contributed by atoms with E-state index in [0.717, 1.165) is 6.08 Å². The van der Waals surface area contributed by atoms with Crippen LogP contribution in [0.25, 0.3) is 0 Å². The summed E-state index contributed by atoms with van der Waals surface area (Å²) in [7, 11) is 0. The first kappa shape index (κ1) is 10.7. The van der Waals surface area contributed by atoms with Gasteiger partial charge in [-0.25, -0.2) is 20.0 Å². The molecule has 0 aromatic carbocycles. The maximum absolute atomic E-state index is 9.32. The lowest BCUT2D eigenvalue weighted by Gasteiger charge is -1.82. The first-order valence-electron chi connectivity index (χ1n) is 2.29. The largest absolute Gasteiger partial charge is 0.235 e. The van der Waals surface area contributed by atoms with E-state index in [1.165, 1.54) is 6.08 Å². The van der Waals surface area contributed by atoms with Gasteiger partial charge in [-0.15, -0.1) is 0 Å². The summed E-state index contributed by atoms with van der Waals surface area (Å²) in [6.07, 6.45) is 2.19. The minimum Gasteiger partial charge on any atom is -0.222 e. The molecule has 4 nitrogen and oxygen atoms in total. The molecule has 0 heterocycles. The number of aliphatic imine (C=N–C) groups is 1. The van der Waals surface area contributed by atoms with Crippen molar-refractivity contribution in [1.82, 2.24) is 0 Å². The molecule has 4 heteroatoms. The van der Waals surface area contributed by atoms with Gasteiger partial charge < -0.3 is 0 Å². The van der Waals surface area contributed by atoms with E-state index in [9.17, 15) is 4.79 Å². The Bertz CT molecular complexity index is 130. The fourth-order valence-corrected chi connectivity index (χ4v) is 0.105. The van der Waals surface area contributed by atoms with Crippen molar-refractivity contribution in [3.05, 3.63) is 0 Å². The Labute approximate surface area is 53.1 Å². The van der Waals surface area contributed by atoms with Crippen LogP contribution in [-0.4, -0.2) is 18.2 Å². The third-order valence-electron chi connectivity index (χ3n) is 0.311. The summed E-state index contributed by atoms with van der Waals surface area (Å²) in [5.74, 6) is 0. The van der Waals surface area contributed by atoms with Crippen LogP contribution in [0.2, 0.25) is 0 Å². The number of hydrogen-bond acceptors (Lipinski definition) is 4. The summed E-state index contributed by atoms with van der Waals surface area (Å²) in [5.41, 5.74) is 0. The van der Waals surface area contributed by atoms with Gasteiger partial charge >= 0.3 is 0 Å². The highest BCUT2D eigenvalue weighted by Gasteiger charge is 1.78. The molecule has 0 rings (SSSR count). The molecule has 0 aliphatic carbocycles. The molecule has 0 radical (unpaired) electrons. The maximum Gasteiger partial charge on any atom is 0.235 e. The zero-order chi connectivity index (χ0) is 7.70. The van der Waals surface area contributed by atoms with Crippen molar-refractivity contribution in [2.75, 3.05) is 0 Å². The predicted molar refractivity (Wildman–Crippen MR) is 31.7 cm³/mol. The molecule has 0 aromatic heterocycles. The van der Waals surface area contributed by atoms with Gasteiger partial charge in [0, 0.05) is 0 Å². The smallest absolute Gasteiger partial charge is 0.222 e. The standard InChI is InChI=1S/C4H7NO.CHNO/c1-4(2)5-3-6;2-1-3/h4H,1-2H3;2H. The van der Waals surface area contributed by atoms with Gasteiger partial charge in [0.25, 0.3) is 0 Å². The molecule has 0 aliphatic rings. The van der Waals surface area contributed by atoms with Gasteiger partial charge in [0.2, 0.25) is 12.2 Å². The predicted octanol–water partition coefficient (Wildman–Crippen LogP) is 0.632. The highest BCUT2D eigenvalue weighted by Crippen LogP contribution is 1.78. The van der Waals surface area contributed by atoms with Gasteiger partial charge in [-0.05, 0) is 13.8 Å². The lowest BCUT2D eigenvalue weighted by atomic mass is 10.4. The second-order valence-corrected chi connectivity index (χ2v) is 1.42. The Morgan fingerprint density at radius 1 is 1.44 bits per heavy atom. The Morgan fingerprint density at radius 3 is 1.78 bits per heavy atom. The van der Waals surface area contributed by atoms with E-state index < -0.39 is 0 Å².